The molecule has 1 spiro atoms. The van der Waals surface area contributed by atoms with Crippen LogP contribution in [-0.4, -0.2) is 126 Å². The number of allylic oxidation sites excluding steroid dienone is 1. The van der Waals surface area contributed by atoms with E-state index in [1.807, 2.05) is 0 Å². The predicted molar refractivity (Wildman–Crippen MR) is 164 cm³/mol. The van der Waals surface area contributed by atoms with E-state index in [0.717, 1.165) is 14.2 Å². The van der Waals surface area contributed by atoms with E-state index in [-0.39, 0.29) is 18.4 Å². The minimum absolute atomic E-state index is 0.235. The summed E-state index contributed by atoms with van der Waals surface area (Å²) >= 11 is 0. The summed E-state index contributed by atoms with van der Waals surface area (Å²) in [5, 5.41) is 37.4. The fourth-order valence-corrected chi connectivity index (χ4v) is 12.2. The largest absolute Gasteiger partial charge is 0.469 e. The number of aliphatic hydroxyl groups excluding tert-OH is 1. The van der Waals surface area contributed by atoms with Gasteiger partial charge in [0.05, 0.1) is 52.0 Å². The molecule has 16 atom stereocenters. The van der Waals surface area contributed by atoms with E-state index in [4.69, 9.17) is 42.6 Å². The third kappa shape index (κ3) is 3.65. The topological polar surface area (TPSA) is 215 Å². The summed E-state index contributed by atoms with van der Waals surface area (Å²) in [4.78, 5) is 54.4. The zero-order valence-electron chi connectivity index (χ0n) is 29.4. The molecule has 0 amide bonds. The molecule has 280 valence electrons. The van der Waals surface area contributed by atoms with E-state index in [9.17, 15) is 34.5 Å². The van der Waals surface area contributed by atoms with Gasteiger partial charge < -0.3 is 58.0 Å². The third-order valence-corrected chi connectivity index (χ3v) is 14.1. The van der Waals surface area contributed by atoms with Gasteiger partial charge in [-0.1, -0.05) is 13.0 Å². The molecule has 0 aromatic carbocycles. The lowest BCUT2D eigenvalue weighted by Crippen LogP contribution is -2.79. The number of methoxy groups -OCH3 is 2. The lowest BCUT2D eigenvalue weighted by Gasteiger charge is -2.65. The van der Waals surface area contributed by atoms with E-state index < -0.39 is 130 Å². The minimum Gasteiger partial charge on any atom is -0.469 e. The van der Waals surface area contributed by atoms with Gasteiger partial charge in [-0.25, -0.2) is 9.59 Å². The molecule has 3 aliphatic carbocycles. The summed E-state index contributed by atoms with van der Waals surface area (Å²) in [5.41, 5.74) is -9.47. The van der Waals surface area contributed by atoms with Crippen molar-refractivity contribution in [2.45, 2.75) is 107 Å². The van der Waals surface area contributed by atoms with Crippen LogP contribution in [0.2, 0.25) is 0 Å². The highest BCUT2D eigenvalue weighted by molar-refractivity contribution is 5.88. The lowest BCUT2D eigenvalue weighted by atomic mass is 9.37. The van der Waals surface area contributed by atoms with Crippen LogP contribution in [0.4, 0.5) is 0 Å². The van der Waals surface area contributed by atoms with Crippen LogP contribution in [0.5, 0.6) is 0 Å². The van der Waals surface area contributed by atoms with Crippen LogP contribution in [0.15, 0.2) is 24.0 Å². The van der Waals surface area contributed by atoms with Crippen LogP contribution in [0.3, 0.4) is 0 Å². The number of epoxide rings is 1. The van der Waals surface area contributed by atoms with Gasteiger partial charge in [0.25, 0.3) is 5.79 Å². The maximum Gasteiger partial charge on any atom is 0.366 e. The van der Waals surface area contributed by atoms with Crippen molar-refractivity contribution in [3.05, 3.63) is 24.0 Å². The maximum absolute atomic E-state index is 14.2. The predicted octanol–water partition coefficient (Wildman–Crippen LogP) is -0.203. The minimum atomic E-state index is -2.82. The second-order valence-corrected chi connectivity index (χ2v) is 15.8. The Morgan fingerprint density at radius 3 is 2.31 bits per heavy atom. The van der Waals surface area contributed by atoms with Gasteiger partial charge in [-0.2, -0.15) is 0 Å². The first-order chi connectivity index (χ1) is 23.9. The Morgan fingerprint density at radius 1 is 0.961 bits per heavy atom. The summed E-state index contributed by atoms with van der Waals surface area (Å²) in [7, 11) is 2.23. The van der Waals surface area contributed by atoms with E-state index in [1.165, 1.54) is 19.3 Å². The summed E-state index contributed by atoms with van der Waals surface area (Å²) in [6.07, 6.45) is -3.11. The van der Waals surface area contributed by atoms with Crippen molar-refractivity contribution in [3.63, 3.8) is 0 Å². The first kappa shape index (κ1) is 34.9. The molecule has 0 aromatic heterocycles. The summed E-state index contributed by atoms with van der Waals surface area (Å²) in [5.74, 6) is -9.76. The van der Waals surface area contributed by atoms with Crippen LogP contribution in [0.25, 0.3) is 0 Å². The zero-order chi connectivity index (χ0) is 36.9. The number of hydrogen-bond acceptors (Lipinski definition) is 16. The normalized spacial score (nSPS) is 53.9. The molecule has 3 saturated carbocycles. The highest BCUT2D eigenvalue weighted by atomic mass is 16.7. The molecule has 5 heterocycles. The fraction of sp³-hybridized carbons (Fsp3) is 0.771. The lowest BCUT2D eigenvalue weighted by molar-refractivity contribution is -0.314. The van der Waals surface area contributed by atoms with Crippen molar-refractivity contribution >= 4 is 23.9 Å². The highest BCUT2D eigenvalue weighted by Gasteiger charge is 2.97. The van der Waals surface area contributed by atoms with E-state index >= 15 is 0 Å². The number of fused-ring (bicyclic) bond motifs is 7. The van der Waals surface area contributed by atoms with Gasteiger partial charge in [-0.15, -0.1) is 0 Å². The molecular weight excluding hydrogens is 676 g/mol. The number of rotatable bonds is 6. The second-order valence-electron chi connectivity index (χ2n) is 15.8. The summed E-state index contributed by atoms with van der Waals surface area (Å²) < 4.78 is 54.0. The average Bonchev–Trinajstić information content (AvgIpc) is 3.47. The Bertz CT molecular complexity index is 1660. The molecule has 0 aromatic rings. The average molecular weight is 721 g/mol. The smallest absolute Gasteiger partial charge is 0.366 e. The van der Waals surface area contributed by atoms with Gasteiger partial charge >= 0.3 is 23.9 Å². The molecule has 3 N–H and O–H groups in total. The number of esters is 4. The summed E-state index contributed by atoms with van der Waals surface area (Å²) in [6.45, 7) is 6.88. The number of hydrogen-bond donors (Lipinski definition) is 3. The molecule has 8 aliphatic rings. The Hall–Kier alpha value is -3.12. The Kier molecular flexibility index (Phi) is 7.20. The number of ether oxygens (including phenoxy) is 9. The van der Waals surface area contributed by atoms with Crippen LogP contribution < -0.4 is 0 Å². The van der Waals surface area contributed by atoms with Crippen LogP contribution in [-0.2, 0) is 61.8 Å². The van der Waals surface area contributed by atoms with Crippen molar-refractivity contribution in [3.8, 4) is 0 Å². The van der Waals surface area contributed by atoms with Crippen LogP contribution >= 0.6 is 0 Å². The van der Waals surface area contributed by atoms with Crippen molar-refractivity contribution < 1.29 is 77.1 Å². The molecule has 2 bridgehead atoms. The number of aliphatic hydroxyl groups is 3. The van der Waals surface area contributed by atoms with Gasteiger partial charge in [0.15, 0.2) is 5.60 Å². The monoisotopic (exact) mass is 720 g/mol. The molecule has 0 radical (unpaired) electrons. The quantitative estimate of drug-likeness (QED) is 0.140. The molecule has 5 aliphatic heterocycles. The molecule has 4 saturated heterocycles. The standard InChI is InChI=1S/C35H44O16/c1-8-15(2)24(38)49-18-12-19(48-16(3)36)32(26(39)43-6)13-46-21-22(32)31(18)14-47-34(42,27(40)44-7)25(31)29(4,23(21)37)35-20-11-17(30(35,5)51-35)33(41)9-10-45-28(33)50-20/h8-10,17-23,25,28,37,41-42H,11-14H2,1-7H3/b15-8+/t17?,18-,19+,20?,21?,22?,23+,25-,28-,29+,30-,31-,32-,33-,34-,35-/m0/s1. The van der Waals surface area contributed by atoms with E-state index in [2.05, 4.69) is 0 Å². The second kappa shape index (κ2) is 10.5. The summed E-state index contributed by atoms with van der Waals surface area (Å²) in [6, 6.07) is 0. The van der Waals surface area contributed by atoms with Crippen LogP contribution in [0, 0.1) is 34.0 Å². The molecule has 51 heavy (non-hydrogen) atoms. The fourth-order valence-electron chi connectivity index (χ4n) is 12.2. The van der Waals surface area contributed by atoms with E-state index in [1.54, 1.807) is 33.8 Å². The molecular formula is C35H44O16. The number of carbonyl (C=O) groups is 4. The van der Waals surface area contributed by atoms with Crippen molar-refractivity contribution in [2.75, 3.05) is 27.4 Å². The molecule has 4 unspecified atom stereocenters. The van der Waals surface area contributed by atoms with Crippen molar-refractivity contribution in [1.82, 2.24) is 0 Å². The molecule has 16 heteroatoms. The Labute approximate surface area is 293 Å². The van der Waals surface area contributed by atoms with E-state index in [0.29, 0.717) is 0 Å². The van der Waals surface area contributed by atoms with Gasteiger partial charge in [0, 0.05) is 47.5 Å². The number of carbonyl (C=O) groups excluding carboxylic acids is 4. The molecule has 8 rings (SSSR count). The molecule has 16 nitrogen and oxygen atoms in total. The highest BCUT2D eigenvalue weighted by Crippen LogP contribution is 2.83. The maximum atomic E-state index is 14.2. The van der Waals surface area contributed by atoms with Gasteiger partial charge in [0.2, 0.25) is 6.29 Å². The first-order valence-corrected chi connectivity index (χ1v) is 17.2. The SMILES string of the molecule is C/C=C(\C)C(=O)O[C@H]1C[C@@H](OC(C)=O)[C@@]2(C(=O)OC)COC3C2[C@]12CO[C@](O)(C(=O)OC)[C@H]2[C@](C)([C@]12O[C@@]1(C)C1CC2O[C@@H]2OC=C[C@]12O)[C@@H]3O. The first-order valence-electron chi connectivity index (χ1n) is 17.2. The Morgan fingerprint density at radius 2 is 1.67 bits per heavy atom. The third-order valence-electron chi connectivity index (χ3n) is 14.1. The van der Waals surface area contributed by atoms with Crippen molar-refractivity contribution in [2.24, 2.45) is 34.0 Å². The molecule has 7 fully saturated rings. The van der Waals surface area contributed by atoms with Gasteiger partial charge in [-0.3, -0.25) is 9.59 Å². The zero-order valence-corrected chi connectivity index (χ0v) is 29.4. The van der Waals surface area contributed by atoms with Crippen molar-refractivity contribution in [1.29, 1.82) is 0 Å². The van der Waals surface area contributed by atoms with Gasteiger partial charge in [-0.05, 0) is 33.3 Å². The van der Waals surface area contributed by atoms with Crippen LogP contribution in [0.1, 0.15) is 47.5 Å². The Balaban J connectivity index is 1.40. The van der Waals surface area contributed by atoms with Gasteiger partial charge in [0.1, 0.15) is 28.8 Å².